The highest BCUT2D eigenvalue weighted by molar-refractivity contribution is 6.49. The molecule has 3 rings (SSSR count). The second kappa shape index (κ2) is 3.81. The Morgan fingerprint density at radius 3 is 2.44 bits per heavy atom. The van der Waals surface area contributed by atoms with E-state index in [9.17, 15) is 0 Å². The lowest BCUT2D eigenvalue weighted by Gasteiger charge is -2.32. The van der Waals surface area contributed by atoms with Crippen LogP contribution in [0.25, 0.3) is 0 Å². The molecule has 0 unspecified atom stereocenters. The lowest BCUT2D eigenvalue weighted by atomic mass is 9.80. The molecule has 0 aromatic carbocycles. The maximum atomic E-state index is 6.10. The Kier molecular flexibility index (Phi) is 2.58. The molecule has 0 spiro atoms. The Labute approximate surface area is 109 Å². The Bertz CT molecular complexity index is 430. The smallest absolute Gasteiger partial charge is 0.403 e. The van der Waals surface area contributed by atoms with E-state index in [1.807, 2.05) is 18.5 Å². The van der Waals surface area contributed by atoms with Gasteiger partial charge in [-0.2, -0.15) is 0 Å². The van der Waals surface area contributed by atoms with Crippen LogP contribution in [0.15, 0.2) is 24.5 Å². The van der Waals surface area contributed by atoms with Gasteiger partial charge in [0.15, 0.2) is 0 Å². The fourth-order valence-corrected chi connectivity index (χ4v) is 2.56. The maximum absolute atomic E-state index is 6.10. The summed E-state index contributed by atoms with van der Waals surface area (Å²) in [6.07, 6.45) is 4.91. The van der Waals surface area contributed by atoms with Crippen LogP contribution in [-0.2, 0) is 9.31 Å². The molecule has 1 aliphatic heterocycles. The average Bonchev–Trinajstić information content (AvgIpc) is 3.04. The van der Waals surface area contributed by atoms with Crippen molar-refractivity contribution in [3.63, 3.8) is 0 Å². The molecule has 0 N–H and O–H groups in total. The summed E-state index contributed by atoms with van der Waals surface area (Å²) in [7, 11) is -0.0693. The van der Waals surface area contributed by atoms with Gasteiger partial charge >= 0.3 is 7.12 Å². The van der Waals surface area contributed by atoms with Crippen LogP contribution in [0.4, 0.5) is 0 Å². The standard InChI is InChI=1S/C14H20BNO2/c1-13(2)14(3,4)18-15(17-13)12-8-11(12)10-6-5-7-16-9-10/h5-7,9,11-12H,8H2,1-4H3/t11-,12+/m1/s1. The van der Waals surface area contributed by atoms with Crippen LogP contribution in [0, 0.1) is 0 Å². The predicted octanol–water partition coefficient (Wildman–Crippen LogP) is 3.03. The van der Waals surface area contributed by atoms with Gasteiger partial charge in [0, 0.05) is 18.2 Å². The van der Waals surface area contributed by atoms with Crippen molar-refractivity contribution in [3.8, 4) is 0 Å². The lowest BCUT2D eigenvalue weighted by Crippen LogP contribution is -2.41. The predicted molar refractivity (Wildman–Crippen MR) is 71.4 cm³/mol. The quantitative estimate of drug-likeness (QED) is 0.750. The molecule has 1 aromatic rings. The molecule has 0 bridgehead atoms. The Morgan fingerprint density at radius 1 is 1.22 bits per heavy atom. The summed E-state index contributed by atoms with van der Waals surface area (Å²) in [5, 5.41) is 0. The van der Waals surface area contributed by atoms with Crippen LogP contribution in [-0.4, -0.2) is 23.3 Å². The molecule has 96 valence electrons. The minimum Gasteiger partial charge on any atom is -0.403 e. The third kappa shape index (κ3) is 1.88. The highest BCUT2D eigenvalue weighted by Crippen LogP contribution is 2.58. The van der Waals surface area contributed by atoms with E-state index in [-0.39, 0.29) is 18.3 Å². The van der Waals surface area contributed by atoms with E-state index in [1.165, 1.54) is 5.56 Å². The van der Waals surface area contributed by atoms with E-state index in [4.69, 9.17) is 9.31 Å². The number of nitrogens with zero attached hydrogens (tertiary/aromatic N) is 1. The largest absolute Gasteiger partial charge is 0.461 e. The van der Waals surface area contributed by atoms with E-state index in [2.05, 4.69) is 38.7 Å². The van der Waals surface area contributed by atoms with E-state index in [0.717, 1.165) is 6.42 Å². The second-order valence-corrected chi connectivity index (χ2v) is 6.42. The van der Waals surface area contributed by atoms with Crippen molar-refractivity contribution < 1.29 is 9.31 Å². The Morgan fingerprint density at radius 2 is 1.89 bits per heavy atom. The molecule has 18 heavy (non-hydrogen) atoms. The van der Waals surface area contributed by atoms with E-state index < -0.39 is 0 Å². The number of rotatable bonds is 2. The molecule has 2 aliphatic rings. The van der Waals surface area contributed by atoms with E-state index >= 15 is 0 Å². The fourth-order valence-electron chi connectivity index (χ4n) is 2.56. The summed E-state index contributed by atoms with van der Waals surface area (Å²) in [4.78, 5) is 4.18. The van der Waals surface area contributed by atoms with Crippen molar-refractivity contribution in [1.29, 1.82) is 0 Å². The zero-order chi connectivity index (χ0) is 13.0. The normalized spacial score (nSPS) is 32.6. The van der Waals surface area contributed by atoms with Gasteiger partial charge in [-0.3, -0.25) is 4.98 Å². The van der Waals surface area contributed by atoms with Crippen LogP contribution in [0.2, 0.25) is 5.82 Å². The number of hydrogen-bond acceptors (Lipinski definition) is 3. The first-order valence-corrected chi connectivity index (χ1v) is 6.66. The minimum absolute atomic E-state index is 0.0693. The highest BCUT2D eigenvalue weighted by Gasteiger charge is 2.59. The monoisotopic (exact) mass is 245 g/mol. The summed E-state index contributed by atoms with van der Waals surface area (Å²) in [5.74, 6) is 1.03. The first-order chi connectivity index (χ1) is 8.41. The molecular weight excluding hydrogens is 225 g/mol. The molecule has 1 saturated heterocycles. The van der Waals surface area contributed by atoms with E-state index in [1.54, 1.807) is 0 Å². The topological polar surface area (TPSA) is 31.4 Å². The van der Waals surface area contributed by atoms with E-state index in [0.29, 0.717) is 11.7 Å². The van der Waals surface area contributed by atoms with Crippen LogP contribution < -0.4 is 0 Å². The van der Waals surface area contributed by atoms with Gasteiger partial charge in [-0.05, 0) is 51.7 Å². The molecule has 3 nitrogen and oxygen atoms in total. The third-order valence-electron chi connectivity index (χ3n) is 4.57. The Balaban J connectivity index is 1.70. The van der Waals surface area contributed by atoms with Gasteiger partial charge in [0.05, 0.1) is 11.2 Å². The first kappa shape index (κ1) is 12.2. The van der Waals surface area contributed by atoms with Crippen LogP contribution in [0.5, 0.6) is 0 Å². The zero-order valence-electron chi connectivity index (χ0n) is 11.5. The van der Waals surface area contributed by atoms with Crippen LogP contribution in [0.1, 0.15) is 45.6 Å². The van der Waals surface area contributed by atoms with Gasteiger partial charge in [-0.15, -0.1) is 0 Å². The van der Waals surface area contributed by atoms with Crippen molar-refractivity contribution in [1.82, 2.24) is 4.98 Å². The molecule has 2 heterocycles. The van der Waals surface area contributed by atoms with Crippen molar-refractivity contribution in [2.75, 3.05) is 0 Å². The summed E-state index contributed by atoms with van der Waals surface area (Å²) in [5.41, 5.74) is 0.858. The number of aromatic nitrogens is 1. The molecule has 1 saturated carbocycles. The third-order valence-corrected chi connectivity index (χ3v) is 4.57. The lowest BCUT2D eigenvalue weighted by molar-refractivity contribution is 0.00578. The Hall–Kier alpha value is -0.865. The van der Waals surface area contributed by atoms with Crippen LogP contribution in [0.3, 0.4) is 0 Å². The zero-order valence-corrected chi connectivity index (χ0v) is 11.5. The fraction of sp³-hybridized carbons (Fsp3) is 0.643. The molecule has 2 atom stereocenters. The molecule has 0 radical (unpaired) electrons. The van der Waals surface area contributed by atoms with Gasteiger partial charge in [-0.25, -0.2) is 0 Å². The first-order valence-electron chi connectivity index (χ1n) is 6.66. The van der Waals surface area contributed by atoms with Gasteiger partial charge in [0.1, 0.15) is 0 Å². The van der Waals surface area contributed by atoms with Gasteiger partial charge in [-0.1, -0.05) is 6.07 Å². The SMILES string of the molecule is CC1(C)OB([C@H]2C[C@@H]2c2cccnc2)OC1(C)C. The van der Waals surface area contributed by atoms with Gasteiger partial charge in [0.2, 0.25) is 0 Å². The van der Waals surface area contributed by atoms with Crippen LogP contribution >= 0.6 is 0 Å². The molecule has 1 aromatic heterocycles. The molecular formula is C14H20BNO2. The average molecular weight is 245 g/mol. The summed E-state index contributed by atoms with van der Waals surface area (Å²) < 4.78 is 12.2. The summed E-state index contributed by atoms with van der Waals surface area (Å²) >= 11 is 0. The summed E-state index contributed by atoms with van der Waals surface area (Å²) in [6, 6.07) is 4.14. The van der Waals surface area contributed by atoms with Crippen molar-refractivity contribution in [2.45, 2.75) is 57.1 Å². The van der Waals surface area contributed by atoms with Crippen molar-refractivity contribution >= 4 is 7.12 Å². The number of pyridine rings is 1. The molecule has 0 amide bonds. The number of hydrogen-bond donors (Lipinski definition) is 0. The highest BCUT2D eigenvalue weighted by atomic mass is 16.7. The molecule has 4 heteroatoms. The van der Waals surface area contributed by atoms with Crippen molar-refractivity contribution in [3.05, 3.63) is 30.1 Å². The van der Waals surface area contributed by atoms with Gasteiger partial charge in [0.25, 0.3) is 0 Å². The van der Waals surface area contributed by atoms with Crippen molar-refractivity contribution in [2.24, 2.45) is 0 Å². The minimum atomic E-state index is -0.222. The maximum Gasteiger partial charge on any atom is 0.461 e. The summed E-state index contributed by atoms with van der Waals surface area (Å²) in [6.45, 7) is 8.42. The second-order valence-electron chi connectivity index (χ2n) is 6.42. The molecule has 1 aliphatic carbocycles. The van der Waals surface area contributed by atoms with Gasteiger partial charge < -0.3 is 9.31 Å². The molecule has 2 fully saturated rings.